The first-order valence-corrected chi connectivity index (χ1v) is 16.3. The van der Waals surface area contributed by atoms with Gasteiger partial charge in [-0.15, -0.1) is 0 Å². The van der Waals surface area contributed by atoms with E-state index in [2.05, 4.69) is 88.0 Å². The Morgan fingerprint density at radius 2 is 0.860 bits per heavy atom. The Hall–Kier alpha value is -7.39. The molecule has 0 atom stereocenters. The average molecular weight is 636 g/mol. The summed E-state index contributed by atoms with van der Waals surface area (Å²) < 4.78 is 4.37. The Morgan fingerprint density at radius 3 is 1.46 bits per heavy atom. The number of hydrogen-bond donors (Lipinski definition) is 0. The van der Waals surface area contributed by atoms with Crippen molar-refractivity contribution < 1.29 is 0 Å². The second-order valence-corrected chi connectivity index (χ2v) is 12.3. The van der Waals surface area contributed by atoms with Crippen LogP contribution < -0.4 is 0 Å². The summed E-state index contributed by atoms with van der Waals surface area (Å²) in [6.45, 7) is 0. The van der Waals surface area contributed by atoms with Gasteiger partial charge in [0.2, 0.25) is 0 Å². The first kappa shape index (κ1) is 28.8. The van der Waals surface area contributed by atoms with Gasteiger partial charge in [0, 0.05) is 32.7 Å². The van der Waals surface area contributed by atoms with Gasteiger partial charge in [-0.2, -0.15) is 15.8 Å². The molecule has 9 aromatic rings. The van der Waals surface area contributed by atoms with Crippen LogP contribution in [-0.4, -0.2) is 9.13 Å². The Morgan fingerprint density at radius 1 is 0.360 bits per heavy atom. The zero-order valence-electron chi connectivity index (χ0n) is 26.7. The molecule has 0 bridgehead atoms. The van der Waals surface area contributed by atoms with E-state index in [-0.39, 0.29) is 0 Å². The fraction of sp³-hybridized carbons (Fsp3) is 0. The van der Waals surface area contributed by atoms with Crippen LogP contribution in [0.2, 0.25) is 0 Å². The molecule has 0 amide bonds. The molecule has 0 radical (unpaired) electrons. The zero-order chi connectivity index (χ0) is 33.8. The minimum atomic E-state index is 0.556. The summed E-state index contributed by atoms with van der Waals surface area (Å²) in [5.74, 6) is 0. The molecule has 7 aromatic carbocycles. The van der Waals surface area contributed by atoms with E-state index >= 15 is 0 Å². The molecule has 2 aromatic heterocycles. The van der Waals surface area contributed by atoms with Crippen molar-refractivity contribution in [3.63, 3.8) is 0 Å². The smallest absolute Gasteiger partial charge is 0.102 e. The quantitative estimate of drug-likeness (QED) is 0.193. The van der Waals surface area contributed by atoms with Crippen molar-refractivity contribution >= 4 is 43.6 Å². The molecule has 0 aliphatic carbocycles. The van der Waals surface area contributed by atoms with Crippen LogP contribution in [-0.2, 0) is 0 Å². The first-order chi connectivity index (χ1) is 24.7. The largest absolute Gasteiger partial charge is 0.309 e. The lowest BCUT2D eigenvalue weighted by atomic mass is 9.95. The van der Waals surface area contributed by atoms with Gasteiger partial charge in [0.05, 0.1) is 62.3 Å². The van der Waals surface area contributed by atoms with Gasteiger partial charge in [-0.1, -0.05) is 97.1 Å². The fourth-order valence-corrected chi connectivity index (χ4v) is 7.43. The van der Waals surface area contributed by atoms with Gasteiger partial charge < -0.3 is 9.13 Å². The maximum Gasteiger partial charge on any atom is 0.102 e. The number of fused-ring (bicyclic) bond motifs is 6. The highest BCUT2D eigenvalue weighted by molar-refractivity contribution is 6.11. The molecule has 0 saturated heterocycles. The van der Waals surface area contributed by atoms with E-state index < -0.39 is 0 Å². The second-order valence-electron chi connectivity index (χ2n) is 12.3. The summed E-state index contributed by atoms with van der Waals surface area (Å²) in [6, 6.07) is 57.7. The van der Waals surface area contributed by atoms with Crippen LogP contribution in [0.1, 0.15) is 16.7 Å². The topological polar surface area (TPSA) is 81.2 Å². The normalized spacial score (nSPS) is 11.1. The van der Waals surface area contributed by atoms with E-state index in [1.54, 1.807) is 0 Å². The molecule has 0 unspecified atom stereocenters. The van der Waals surface area contributed by atoms with Gasteiger partial charge in [0.15, 0.2) is 0 Å². The Labute approximate surface area is 287 Å². The Bertz CT molecular complexity index is 2900. The maximum absolute atomic E-state index is 10.6. The molecular weight excluding hydrogens is 611 g/mol. The fourth-order valence-electron chi connectivity index (χ4n) is 7.43. The SMILES string of the molecule is N#Cc1ccc(-c2ccc(-c3cccc(-n4c5ccccc5c5ccccc54)c3C#N)cc2)c(-n2c3ccccc3c3cc(C#N)ccc32)c1. The van der Waals surface area contributed by atoms with E-state index in [0.717, 1.165) is 77.2 Å². The van der Waals surface area contributed by atoms with E-state index in [1.807, 2.05) is 91.0 Å². The zero-order valence-corrected chi connectivity index (χ0v) is 26.7. The molecule has 2 heterocycles. The van der Waals surface area contributed by atoms with Crippen LogP contribution in [0, 0.1) is 34.0 Å². The number of nitrogens with zero attached hydrogens (tertiary/aromatic N) is 5. The average Bonchev–Trinajstić information content (AvgIpc) is 3.70. The van der Waals surface area contributed by atoms with Gasteiger partial charge in [0.1, 0.15) is 6.07 Å². The van der Waals surface area contributed by atoms with E-state index in [4.69, 9.17) is 0 Å². The maximum atomic E-state index is 10.6. The van der Waals surface area contributed by atoms with Gasteiger partial charge in [-0.25, -0.2) is 0 Å². The van der Waals surface area contributed by atoms with Crippen LogP contribution in [0.5, 0.6) is 0 Å². The minimum absolute atomic E-state index is 0.556. The molecule has 5 heteroatoms. The van der Waals surface area contributed by atoms with Gasteiger partial charge in [-0.3, -0.25) is 0 Å². The third-order valence-electron chi connectivity index (χ3n) is 9.65. The summed E-state index contributed by atoms with van der Waals surface area (Å²) in [5, 5.41) is 34.5. The summed E-state index contributed by atoms with van der Waals surface area (Å²) in [6.07, 6.45) is 0. The highest BCUT2D eigenvalue weighted by Gasteiger charge is 2.19. The lowest BCUT2D eigenvalue weighted by molar-refractivity contribution is 1.17. The molecule has 0 aliphatic rings. The molecule has 0 saturated carbocycles. The molecular formula is C45H25N5. The number of benzene rings is 7. The predicted octanol–water partition coefficient (Wildman–Crippen LogP) is 10.8. The third-order valence-corrected chi connectivity index (χ3v) is 9.65. The van der Waals surface area contributed by atoms with Crippen molar-refractivity contribution in [1.29, 1.82) is 15.8 Å². The highest BCUT2D eigenvalue weighted by atomic mass is 15.0. The molecule has 0 fully saturated rings. The van der Waals surface area contributed by atoms with E-state index in [9.17, 15) is 15.8 Å². The van der Waals surface area contributed by atoms with Crippen molar-refractivity contribution in [2.75, 3.05) is 0 Å². The number of nitriles is 3. The standard InChI is InChI=1S/C45H25N5/c46-26-29-17-23-44-38(24-29)37-10-3-6-14-42(37)50(44)45-25-30(27-47)16-22-34(45)32-20-18-31(19-21-32)33-11-7-15-43(39(33)28-48)49-40-12-4-1-8-35(40)36-9-2-5-13-41(36)49/h1-25H. The summed E-state index contributed by atoms with van der Waals surface area (Å²) >= 11 is 0. The lowest BCUT2D eigenvalue weighted by Gasteiger charge is -2.16. The van der Waals surface area contributed by atoms with Gasteiger partial charge in [-0.05, 0) is 65.7 Å². The molecule has 9 rings (SSSR count). The number of para-hydroxylation sites is 3. The van der Waals surface area contributed by atoms with Crippen LogP contribution in [0.3, 0.4) is 0 Å². The van der Waals surface area contributed by atoms with Crippen molar-refractivity contribution in [3.05, 3.63) is 168 Å². The minimum Gasteiger partial charge on any atom is -0.309 e. The molecule has 50 heavy (non-hydrogen) atoms. The third kappa shape index (κ3) is 4.31. The van der Waals surface area contributed by atoms with Crippen LogP contribution >= 0.6 is 0 Å². The van der Waals surface area contributed by atoms with Crippen molar-refractivity contribution in [2.45, 2.75) is 0 Å². The predicted molar refractivity (Wildman–Crippen MR) is 200 cm³/mol. The van der Waals surface area contributed by atoms with Gasteiger partial charge >= 0.3 is 0 Å². The number of rotatable bonds is 4. The molecule has 230 valence electrons. The lowest BCUT2D eigenvalue weighted by Crippen LogP contribution is -2.00. The van der Waals surface area contributed by atoms with Crippen LogP contribution in [0.15, 0.2) is 152 Å². The summed E-state index contributed by atoms with van der Waals surface area (Å²) in [7, 11) is 0. The van der Waals surface area contributed by atoms with E-state index in [0.29, 0.717) is 16.7 Å². The highest BCUT2D eigenvalue weighted by Crippen LogP contribution is 2.39. The monoisotopic (exact) mass is 635 g/mol. The molecule has 5 nitrogen and oxygen atoms in total. The summed E-state index contributed by atoms with van der Waals surface area (Å²) in [5.41, 5.74) is 11.3. The van der Waals surface area contributed by atoms with Crippen LogP contribution in [0.4, 0.5) is 0 Å². The van der Waals surface area contributed by atoms with Crippen LogP contribution in [0.25, 0.3) is 77.2 Å². The van der Waals surface area contributed by atoms with Gasteiger partial charge in [0.25, 0.3) is 0 Å². The van der Waals surface area contributed by atoms with Crippen molar-refractivity contribution in [2.24, 2.45) is 0 Å². The number of hydrogen-bond acceptors (Lipinski definition) is 3. The van der Waals surface area contributed by atoms with Crippen molar-refractivity contribution in [3.8, 4) is 51.8 Å². The second kappa shape index (κ2) is 11.4. The Kier molecular flexibility index (Phi) is 6.56. The molecule has 0 spiro atoms. The Balaban J connectivity index is 1.20. The van der Waals surface area contributed by atoms with E-state index in [1.165, 1.54) is 0 Å². The molecule has 0 aliphatic heterocycles. The molecule has 0 N–H and O–H groups in total. The summed E-state index contributed by atoms with van der Waals surface area (Å²) in [4.78, 5) is 0. The van der Waals surface area contributed by atoms with Crippen molar-refractivity contribution in [1.82, 2.24) is 9.13 Å². The number of aromatic nitrogens is 2. The first-order valence-electron chi connectivity index (χ1n) is 16.3.